The number of aromatic nitrogens is 1. The molecule has 0 saturated heterocycles. The first-order valence-corrected chi connectivity index (χ1v) is 5.65. The van der Waals surface area contributed by atoms with Crippen molar-refractivity contribution in [3.8, 4) is 6.07 Å². The SMILES string of the molecule is CCc1occc1/C(N)=C(/C#N)c1cccnc1. The lowest BCUT2D eigenvalue weighted by molar-refractivity contribution is 0.515. The standard InChI is InChI=1S/C14H13N3O/c1-2-13-11(5-7-18-13)14(16)12(8-15)10-4-3-6-17-9-10/h3-7,9H,2,16H2,1H3/b14-12+. The quantitative estimate of drug-likeness (QED) is 0.835. The molecule has 2 aromatic rings. The van der Waals surface area contributed by atoms with Gasteiger partial charge in [0.05, 0.1) is 17.5 Å². The summed E-state index contributed by atoms with van der Waals surface area (Å²) in [5.74, 6) is 0.782. The van der Waals surface area contributed by atoms with E-state index < -0.39 is 0 Å². The fourth-order valence-electron chi connectivity index (χ4n) is 1.78. The van der Waals surface area contributed by atoms with Gasteiger partial charge in [0.1, 0.15) is 11.8 Å². The van der Waals surface area contributed by atoms with Crippen LogP contribution in [0.1, 0.15) is 23.8 Å². The number of nitriles is 1. The molecule has 18 heavy (non-hydrogen) atoms. The number of nitrogens with zero attached hydrogens (tertiary/aromatic N) is 2. The molecule has 0 amide bonds. The van der Waals surface area contributed by atoms with Crippen LogP contribution in [0.4, 0.5) is 0 Å². The minimum atomic E-state index is 0.416. The predicted molar refractivity (Wildman–Crippen MR) is 68.9 cm³/mol. The lowest BCUT2D eigenvalue weighted by Crippen LogP contribution is -2.02. The summed E-state index contributed by atoms with van der Waals surface area (Å²) in [4.78, 5) is 4.00. The minimum Gasteiger partial charge on any atom is -0.469 e. The van der Waals surface area contributed by atoms with E-state index in [9.17, 15) is 5.26 Å². The van der Waals surface area contributed by atoms with Gasteiger partial charge < -0.3 is 10.2 Å². The van der Waals surface area contributed by atoms with E-state index in [4.69, 9.17) is 10.2 Å². The van der Waals surface area contributed by atoms with E-state index in [1.54, 1.807) is 30.8 Å². The fourth-order valence-corrected chi connectivity index (χ4v) is 1.78. The third-order valence-corrected chi connectivity index (χ3v) is 2.69. The topological polar surface area (TPSA) is 75.8 Å². The Balaban J connectivity index is 2.55. The molecular weight excluding hydrogens is 226 g/mol. The minimum absolute atomic E-state index is 0.416. The van der Waals surface area contributed by atoms with E-state index in [-0.39, 0.29) is 0 Å². The zero-order valence-electron chi connectivity index (χ0n) is 10.1. The highest BCUT2D eigenvalue weighted by Gasteiger charge is 2.13. The molecule has 0 atom stereocenters. The number of allylic oxidation sites excluding steroid dienone is 1. The number of aryl methyl sites for hydroxylation is 1. The number of nitrogens with two attached hydrogens (primary N) is 1. The highest BCUT2D eigenvalue weighted by molar-refractivity contribution is 5.96. The second-order valence-electron chi connectivity index (χ2n) is 3.75. The summed E-state index contributed by atoms with van der Waals surface area (Å²) in [6.07, 6.45) is 5.59. The van der Waals surface area contributed by atoms with Crippen LogP contribution in [0.2, 0.25) is 0 Å². The molecule has 0 aliphatic carbocycles. The maximum absolute atomic E-state index is 9.27. The molecule has 2 rings (SSSR count). The second-order valence-corrected chi connectivity index (χ2v) is 3.75. The molecule has 0 aliphatic rings. The van der Waals surface area contributed by atoms with E-state index in [2.05, 4.69) is 11.1 Å². The second kappa shape index (κ2) is 5.19. The number of furan rings is 1. The molecule has 4 nitrogen and oxygen atoms in total. The zero-order chi connectivity index (χ0) is 13.0. The van der Waals surface area contributed by atoms with Crippen LogP contribution in [-0.4, -0.2) is 4.98 Å². The van der Waals surface area contributed by atoms with Crippen molar-refractivity contribution >= 4 is 11.3 Å². The van der Waals surface area contributed by atoms with Crippen LogP contribution in [-0.2, 0) is 6.42 Å². The normalized spacial score (nSPS) is 11.8. The van der Waals surface area contributed by atoms with Crippen molar-refractivity contribution in [2.24, 2.45) is 5.73 Å². The molecule has 0 fully saturated rings. The summed E-state index contributed by atoms with van der Waals surface area (Å²) in [5.41, 5.74) is 8.40. The van der Waals surface area contributed by atoms with Crippen molar-refractivity contribution in [3.05, 3.63) is 53.7 Å². The van der Waals surface area contributed by atoms with Crippen LogP contribution in [0.15, 0.2) is 41.3 Å². The first-order chi connectivity index (χ1) is 8.77. The molecule has 4 heteroatoms. The van der Waals surface area contributed by atoms with Gasteiger partial charge >= 0.3 is 0 Å². The Morgan fingerprint density at radius 1 is 1.50 bits per heavy atom. The lowest BCUT2D eigenvalue weighted by atomic mass is 10.0. The third-order valence-electron chi connectivity index (χ3n) is 2.69. The number of rotatable bonds is 3. The van der Waals surface area contributed by atoms with E-state index in [1.165, 1.54) is 0 Å². The molecule has 0 aliphatic heterocycles. The Morgan fingerprint density at radius 2 is 2.33 bits per heavy atom. The fraction of sp³-hybridized carbons (Fsp3) is 0.143. The summed E-state index contributed by atoms with van der Waals surface area (Å²) in [6, 6.07) is 7.49. The Labute approximate surface area is 105 Å². The number of pyridine rings is 1. The lowest BCUT2D eigenvalue weighted by Gasteiger charge is -2.05. The molecule has 90 valence electrons. The van der Waals surface area contributed by atoms with Gasteiger partial charge in [-0.2, -0.15) is 5.26 Å². The summed E-state index contributed by atoms with van der Waals surface area (Å²) in [7, 11) is 0. The maximum atomic E-state index is 9.27. The first-order valence-electron chi connectivity index (χ1n) is 5.65. The largest absolute Gasteiger partial charge is 0.469 e. The van der Waals surface area contributed by atoms with Gasteiger partial charge in [-0.05, 0) is 12.1 Å². The highest BCUT2D eigenvalue weighted by Crippen LogP contribution is 2.25. The van der Waals surface area contributed by atoms with E-state index in [0.717, 1.165) is 17.7 Å². The van der Waals surface area contributed by atoms with Crippen molar-refractivity contribution in [1.82, 2.24) is 4.98 Å². The van der Waals surface area contributed by atoms with Crippen LogP contribution in [0.5, 0.6) is 0 Å². The molecule has 2 heterocycles. The van der Waals surface area contributed by atoms with Gasteiger partial charge in [0.25, 0.3) is 0 Å². The summed E-state index contributed by atoms with van der Waals surface area (Å²) in [6.45, 7) is 1.98. The predicted octanol–water partition coefficient (Wildman–Crippen LogP) is 2.59. The van der Waals surface area contributed by atoms with Crippen molar-refractivity contribution in [2.45, 2.75) is 13.3 Å². The van der Waals surface area contributed by atoms with Gasteiger partial charge in [0.15, 0.2) is 0 Å². The van der Waals surface area contributed by atoms with Crippen LogP contribution >= 0.6 is 0 Å². The van der Waals surface area contributed by atoms with Gasteiger partial charge in [-0.3, -0.25) is 4.98 Å². The van der Waals surface area contributed by atoms with Crippen LogP contribution in [0, 0.1) is 11.3 Å². The van der Waals surface area contributed by atoms with Gasteiger partial charge in [-0.15, -0.1) is 0 Å². The highest BCUT2D eigenvalue weighted by atomic mass is 16.3. The molecule has 2 aromatic heterocycles. The van der Waals surface area contributed by atoms with Crippen molar-refractivity contribution in [2.75, 3.05) is 0 Å². The first kappa shape index (κ1) is 11.9. The zero-order valence-corrected chi connectivity index (χ0v) is 10.1. The van der Waals surface area contributed by atoms with Gasteiger partial charge in [0, 0.05) is 29.9 Å². The van der Waals surface area contributed by atoms with Crippen molar-refractivity contribution in [3.63, 3.8) is 0 Å². The average Bonchev–Trinajstić information content (AvgIpc) is 2.89. The molecule has 0 spiro atoms. The third kappa shape index (κ3) is 2.11. The monoisotopic (exact) mass is 239 g/mol. The summed E-state index contributed by atoms with van der Waals surface area (Å²) in [5, 5.41) is 9.27. The van der Waals surface area contributed by atoms with Gasteiger partial charge in [-0.1, -0.05) is 13.0 Å². The van der Waals surface area contributed by atoms with Crippen LogP contribution in [0.3, 0.4) is 0 Å². The average molecular weight is 239 g/mol. The smallest absolute Gasteiger partial charge is 0.112 e. The summed E-state index contributed by atoms with van der Waals surface area (Å²) >= 11 is 0. The Bertz CT molecular complexity index is 605. The molecule has 0 bridgehead atoms. The van der Waals surface area contributed by atoms with Gasteiger partial charge in [-0.25, -0.2) is 0 Å². The van der Waals surface area contributed by atoms with E-state index >= 15 is 0 Å². The van der Waals surface area contributed by atoms with E-state index in [0.29, 0.717) is 16.8 Å². The Hall–Kier alpha value is -2.54. The maximum Gasteiger partial charge on any atom is 0.112 e. The molecule has 2 N–H and O–H groups in total. The molecule has 0 aromatic carbocycles. The van der Waals surface area contributed by atoms with Gasteiger partial charge in [0.2, 0.25) is 0 Å². The number of hydrogen-bond acceptors (Lipinski definition) is 4. The number of hydrogen-bond donors (Lipinski definition) is 1. The van der Waals surface area contributed by atoms with Crippen LogP contribution in [0.25, 0.3) is 11.3 Å². The summed E-state index contributed by atoms with van der Waals surface area (Å²) < 4.78 is 5.33. The van der Waals surface area contributed by atoms with Crippen molar-refractivity contribution in [1.29, 1.82) is 5.26 Å². The molecule has 0 unspecified atom stereocenters. The molecule has 0 saturated carbocycles. The van der Waals surface area contributed by atoms with Crippen molar-refractivity contribution < 1.29 is 4.42 Å². The molecule has 0 radical (unpaired) electrons. The van der Waals surface area contributed by atoms with E-state index in [1.807, 2.05) is 13.0 Å². The van der Waals surface area contributed by atoms with Crippen LogP contribution < -0.4 is 5.73 Å². The molecular formula is C14H13N3O. The Kier molecular flexibility index (Phi) is 3.44. The Morgan fingerprint density at radius 3 is 2.94 bits per heavy atom.